The van der Waals surface area contributed by atoms with Gasteiger partial charge in [-0.2, -0.15) is 5.10 Å². The SMILES string of the molecule is O=C(O)c1c(O)cnn1CC1CCOC1. The lowest BCUT2D eigenvalue weighted by Gasteiger charge is -2.08. The molecule has 0 bridgehead atoms. The number of aromatic hydroxyl groups is 1. The van der Waals surface area contributed by atoms with Gasteiger partial charge in [0, 0.05) is 19.1 Å². The van der Waals surface area contributed by atoms with Gasteiger partial charge in [-0.05, 0) is 6.42 Å². The second-order valence-corrected chi connectivity index (χ2v) is 3.60. The highest BCUT2D eigenvalue weighted by molar-refractivity contribution is 5.88. The van der Waals surface area contributed by atoms with Crippen LogP contribution in [0.25, 0.3) is 0 Å². The predicted octanol–water partition coefficient (Wildman–Crippen LogP) is 0.323. The molecule has 6 heteroatoms. The molecule has 0 radical (unpaired) electrons. The maximum atomic E-state index is 10.8. The van der Waals surface area contributed by atoms with Gasteiger partial charge in [0.05, 0.1) is 12.8 Å². The van der Waals surface area contributed by atoms with Crippen LogP contribution >= 0.6 is 0 Å². The highest BCUT2D eigenvalue weighted by atomic mass is 16.5. The molecule has 82 valence electrons. The van der Waals surface area contributed by atoms with Crippen molar-refractivity contribution in [3.63, 3.8) is 0 Å². The van der Waals surface area contributed by atoms with E-state index < -0.39 is 5.97 Å². The van der Waals surface area contributed by atoms with Gasteiger partial charge in [-0.15, -0.1) is 0 Å². The molecule has 1 fully saturated rings. The Kier molecular flexibility index (Phi) is 2.59. The molecule has 0 spiro atoms. The minimum atomic E-state index is -1.16. The van der Waals surface area contributed by atoms with E-state index in [9.17, 15) is 9.90 Å². The van der Waals surface area contributed by atoms with Gasteiger partial charge in [0.2, 0.25) is 0 Å². The van der Waals surface area contributed by atoms with Gasteiger partial charge in [-0.1, -0.05) is 0 Å². The van der Waals surface area contributed by atoms with Crippen molar-refractivity contribution in [1.82, 2.24) is 9.78 Å². The quantitative estimate of drug-likeness (QED) is 0.753. The van der Waals surface area contributed by atoms with Crippen LogP contribution in [0.1, 0.15) is 16.9 Å². The second kappa shape index (κ2) is 3.90. The summed E-state index contributed by atoms with van der Waals surface area (Å²) in [6.45, 7) is 1.81. The molecule has 15 heavy (non-hydrogen) atoms. The van der Waals surface area contributed by atoms with Crippen LogP contribution in [0.3, 0.4) is 0 Å². The summed E-state index contributed by atoms with van der Waals surface area (Å²) in [5, 5.41) is 22.0. The van der Waals surface area contributed by atoms with Gasteiger partial charge in [0.15, 0.2) is 11.4 Å². The third-order valence-electron chi connectivity index (χ3n) is 2.48. The van der Waals surface area contributed by atoms with Crippen LogP contribution in [0.15, 0.2) is 6.20 Å². The van der Waals surface area contributed by atoms with E-state index in [1.165, 1.54) is 4.68 Å². The first-order chi connectivity index (χ1) is 7.18. The van der Waals surface area contributed by atoms with Crippen molar-refractivity contribution in [2.75, 3.05) is 13.2 Å². The van der Waals surface area contributed by atoms with E-state index in [1.54, 1.807) is 0 Å². The van der Waals surface area contributed by atoms with Crippen LogP contribution in [-0.2, 0) is 11.3 Å². The first-order valence-corrected chi connectivity index (χ1v) is 4.74. The number of hydrogen-bond donors (Lipinski definition) is 2. The number of carbonyl (C=O) groups is 1. The number of carboxylic acids is 1. The molecule has 2 rings (SSSR count). The third-order valence-corrected chi connectivity index (χ3v) is 2.48. The predicted molar refractivity (Wildman–Crippen MR) is 49.8 cm³/mol. The molecule has 0 amide bonds. The lowest BCUT2D eigenvalue weighted by Crippen LogP contribution is -2.16. The zero-order valence-electron chi connectivity index (χ0n) is 8.09. The minimum absolute atomic E-state index is 0.151. The number of ether oxygens (including phenoxy) is 1. The molecule has 0 aliphatic carbocycles. The summed E-state index contributed by atoms with van der Waals surface area (Å²) in [6, 6.07) is 0. The monoisotopic (exact) mass is 212 g/mol. The molecule has 2 heterocycles. The highest BCUT2D eigenvalue weighted by Gasteiger charge is 2.22. The summed E-state index contributed by atoms with van der Waals surface area (Å²) >= 11 is 0. The zero-order chi connectivity index (χ0) is 10.8. The Morgan fingerprint density at radius 2 is 2.53 bits per heavy atom. The summed E-state index contributed by atoms with van der Waals surface area (Å²) in [4.78, 5) is 10.8. The first-order valence-electron chi connectivity index (χ1n) is 4.74. The van der Waals surface area contributed by atoms with Gasteiger partial charge in [-0.3, -0.25) is 4.68 Å². The topological polar surface area (TPSA) is 84.6 Å². The van der Waals surface area contributed by atoms with Crippen molar-refractivity contribution in [3.8, 4) is 5.75 Å². The number of carboxylic acid groups (broad SMARTS) is 1. The summed E-state index contributed by atoms with van der Waals surface area (Å²) in [6.07, 6.45) is 2.05. The Morgan fingerprint density at radius 1 is 1.73 bits per heavy atom. The molecular weight excluding hydrogens is 200 g/mol. The van der Waals surface area contributed by atoms with Gasteiger partial charge >= 0.3 is 5.97 Å². The summed E-state index contributed by atoms with van der Waals surface area (Å²) in [5.41, 5.74) is -0.151. The van der Waals surface area contributed by atoms with E-state index in [2.05, 4.69) is 5.10 Å². The van der Waals surface area contributed by atoms with E-state index in [0.717, 1.165) is 12.6 Å². The van der Waals surface area contributed by atoms with Crippen LogP contribution < -0.4 is 0 Å². The fourth-order valence-electron chi connectivity index (χ4n) is 1.71. The summed E-state index contributed by atoms with van der Waals surface area (Å²) in [5.74, 6) is -1.17. The van der Waals surface area contributed by atoms with E-state index in [0.29, 0.717) is 19.8 Å². The van der Waals surface area contributed by atoms with Crippen LogP contribution in [0.2, 0.25) is 0 Å². The number of rotatable bonds is 3. The zero-order valence-corrected chi connectivity index (χ0v) is 8.09. The van der Waals surface area contributed by atoms with Crippen molar-refractivity contribution in [2.45, 2.75) is 13.0 Å². The van der Waals surface area contributed by atoms with Crippen molar-refractivity contribution in [1.29, 1.82) is 0 Å². The Morgan fingerprint density at radius 3 is 3.13 bits per heavy atom. The average molecular weight is 212 g/mol. The molecule has 1 aliphatic rings. The fourth-order valence-corrected chi connectivity index (χ4v) is 1.71. The van der Waals surface area contributed by atoms with Crippen molar-refractivity contribution in [3.05, 3.63) is 11.9 Å². The van der Waals surface area contributed by atoms with E-state index in [1.807, 2.05) is 0 Å². The van der Waals surface area contributed by atoms with E-state index >= 15 is 0 Å². The standard InChI is InChI=1S/C9H12N2O4/c12-7-3-10-11(8(7)9(13)14)4-6-1-2-15-5-6/h3,6,12H,1-2,4-5H2,(H,13,14). The fraction of sp³-hybridized carbons (Fsp3) is 0.556. The Balaban J connectivity index is 2.16. The van der Waals surface area contributed by atoms with Gasteiger partial charge in [0.1, 0.15) is 0 Å². The number of aromatic nitrogens is 2. The first kappa shape index (κ1) is 9.97. The normalized spacial score (nSPS) is 20.7. The molecule has 0 aromatic carbocycles. The molecular formula is C9H12N2O4. The van der Waals surface area contributed by atoms with Gasteiger partial charge in [0.25, 0.3) is 0 Å². The van der Waals surface area contributed by atoms with Crippen molar-refractivity contribution >= 4 is 5.97 Å². The number of nitrogens with zero attached hydrogens (tertiary/aromatic N) is 2. The molecule has 2 N–H and O–H groups in total. The molecule has 1 aromatic heterocycles. The molecule has 1 atom stereocenters. The van der Waals surface area contributed by atoms with Crippen LogP contribution in [0.5, 0.6) is 5.75 Å². The molecule has 1 aliphatic heterocycles. The van der Waals surface area contributed by atoms with Gasteiger partial charge < -0.3 is 14.9 Å². The van der Waals surface area contributed by atoms with E-state index in [-0.39, 0.29) is 17.4 Å². The third kappa shape index (κ3) is 1.94. The number of hydrogen-bond acceptors (Lipinski definition) is 4. The smallest absolute Gasteiger partial charge is 0.358 e. The van der Waals surface area contributed by atoms with Crippen LogP contribution in [0, 0.1) is 5.92 Å². The second-order valence-electron chi connectivity index (χ2n) is 3.60. The van der Waals surface area contributed by atoms with Crippen LogP contribution in [0.4, 0.5) is 0 Å². The van der Waals surface area contributed by atoms with E-state index in [4.69, 9.17) is 9.84 Å². The molecule has 1 aromatic rings. The lowest BCUT2D eigenvalue weighted by molar-refractivity contribution is 0.0677. The molecule has 0 saturated carbocycles. The molecule has 6 nitrogen and oxygen atoms in total. The highest BCUT2D eigenvalue weighted by Crippen LogP contribution is 2.20. The van der Waals surface area contributed by atoms with Crippen LogP contribution in [-0.4, -0.2) is 39.2 Å². The summed E-state index contributed by atoms with van der Waals surface area (Å²) in [7, 11) is 0. The molecule has 1 unspecified atom stereocenters. The van der Waals surface area contributed by atoms with Crippen molar-refractivity contribution < 1.29 is 19.7 Å². The summed E-state index contributed by atoms with van der Waals surface area (Å²) < 4.78 is 6.50. The maximum absolute atomic E-state index is 10.8. The average Bonchev–Trinajstić information content (AvgIpc) is 2.76. The Hall–Kier alpha value is -1.56. The molecule has 1 saturated heterocycles. The number of aromatic carboxylic acids is 1. The largest absolute Gasteiger partial charge is 0.504 e. The minimum Gasteiger partial charge on any atom is -0.504 e. The Labute approximate surface area is 86.1 Å². The van der Waals surface area contributed by atoms with Gasteiger partial charge in [-0.25, -0.2) is 4.79 Å². The maximum Gasteiger partial charge on any atom is 0.358 e. The Bertz CT molecular complexity index is 368. The van der Waals surface area contributed by atoms with Crippen molar-refractivity contribution in [2.24, 2.45) is 5.92 Å². The lowest BCUT2D eigenvalue weighted by atomic mass is 10.1.